The van der Waals surface area contributed by atoms with E-state index >= 15 is 0 Å². The lowest BCUT2D eigenvalue weighted by Crippen LogP contribution is -2.24. The van der Waals surface area contributed by atoms with Gasteiger partial charge in [-0.05, 0) is 44.4 Å². The maximum absolute atomic E-state index is 12.7. The van der Waals surface area contributed by atoms with Crippen molar-refractivity contribution >= 4 is 23.4 Å². The predicted octanol–water partition coefficient (Wildman–Crippen LogP) is 4.37. The van der Waals surface area contributed by atoms with Crippen LogP contribution in [0.3, 0.4) is 0 Å². The molecule has 0 aliphatic carbocycles. The number of nitrogens with zero attached hydrogens (tertiary/aromatic N) is 3. The third kappa shape index (κ3) is 4.57. The van der Waals surface area contributed by atoms with Crippen LogP contribution >= 0.6 is 11.8 Å². The molecule has 140 valence electrons. The standard InChI is InChI=1S/C21H24N4OS/c1-14-9-8-10-15(2)19(14)22-20(26)16(3)27-21-24-23-17(4)25(21)13-18-11-6-5-7-12-18/h5-12,16H,13H2,1-4H3,(H,22,26)/t16-/m0/s1. The van der Waals surface area contributed by atoms with Gasteiger partial charge in [0.05, 0.1) is 11.8 Å². The first-order valence-corrected chi connectivity index (χ1v) is 9.81. The van der Waals surface area contributed by atoms with Crippen LogP contribution in [-0.4, -0.2) is 25.9 Å². The Morgan fingerprint density at radius 1 is 1.04 bits per heavy atom. The van der Waals surface area contributed by atoms with E-state index in [4.69, 9.17) is 0 Å². The first-order valence-electron chi connectivity index (χ1n) is 8.93. The highest BCUT2D eigenvalue weighted by atomic mass is 32.2. The zero-order chi connectivity index (χ0) is 19.4. The normalized spacial score (nSPS) is 12.0. The first-order chi connectivity index (χ1) is 13.0. The van der Waals surface area contributed by atoms with Crippen molar-refractivity contribution in [3.05, 3.63) is 71.0 Å². The molecule has 27 heavy (non-hydrogen) atoms. The minimum Gasteiger partial charge on any atom is -0.325 e. The molecule has 1 atom stereocenters. The third-order valence-corrected chi connectivity index (χ3v) is 5.55. The Morgan fingerprint density at radius 2 is 1.70 bits per heavy atom. The molecule has 1 heterocycles. The summed E-state index contributed by atoms with van der Waals surface area (Å²) in [5.74, 6) is 0.799. The van der Waals surface area contributed by atoms with Crippen LogP contribution in [0.4, 0.5) is 5.69 Å². The summed E-state index contributed by atoms with van der Waals surface area (Å²) in [5.41, 5.74) is 4.18. The summed E-state index contributed by atoms with van der Waals surface area (Å²) in [6.07, 6.45) is 0. The van der Waals surface area contributed by atoms with Crippen molar-refractivity contribution in [2.24, 2.45) is 0 Å². The number of amides is 1. The SMILES string of the molecule is Cc1cccc(C)c1NC(=O)[C@H](C)Sc1nnc(C)n1Cc1ccccc1. The van der Waals surface area contributed by atoms with E-state index in [0.29, 0.717) is 6.54 Å². The van der Waals surface area contributed by atoms with E-state index in [-0.39, 0.29) is 11.2 Å². The summed E-state index contributed by atoms with van der Waals surface area (Å²) >= 11 is 1.43. The molecule has 1 aromatic heterocycles. The van der Waals surface area contributed by atoms with Crippen LogP contribution in [0.25, 0.3) is 0 Å². The maximum atomic E-state index is 12.7. The number of para-hydroxylation sites is 1. The monoisotopic (exact) mass is 380 g/mol. The van der Waals surface area contributed by atoms with E-state index in [1.54, 1.807) is 0 Å². The molecule has 0 spiro atoms. The minimum atomic E-state index is -0.290. The van der Waals surface area contributed by atoms with Gasteiger partial charge in [-0.3, -0.25) is 4.79 Å². The Labute approximate surface area is 164 Å². The summed E-state index contributed by atoms with van der Waals surface area (Å²) in [7, 11) is 0. The molecule has 3 aromatic rings. The molecule has 2 aromatic carbocycles. The summed E-state index contributed by atoms with van der Waals surface area (Å²) < 4.78 is 2.04. The number of aromatic nitrogens is 3. The number of aryl methyl sites for hydroxylation is 3. The highest BCUT2D eigenvalue weighted by Crippen LogP contribution is 2.26. The number of thioether (sulfide) groups is 1. The molecule has 0 saturated heterocycles. The molecule has 0 fully saturated rings. The second kappa shape index (κ2) is 8.39. The van der Waals surface area contributed by atoms with Crippen LogP contribution in [0.2, 0.25) is 0 Å². The van der Waals surface area contributed by atoms with Gasteiger partial charge in [0.1, 0.15) is 5.82 Å². The van der Waals surface area contributed by atoms with Gasteiger partial charge in [-0.15, -0.1) is 10.2 Å². The van der Waals surface area contributed by atoms with Gasteiger partial charge < -0.3 is 9.88 Å². The largest absolute Gasteiger partial charge is 0.325 e. The second-order valence-corrected chi connectivity index (χ2v) is 7.93. The number of carbonyl (C=O) groups excluding carboxylic acids is 1. The van der Waals surface area contributed by atoms with E-state index in [2.05, 4.69) is 27.6 Å². The van der Waals surface area contributed by atoms with Gasteiger partial charge in [-0.1, -0.05) is 60.3 Å². The third-order valence-electron chi connectivity index (χ3n) is 4.47. The topological polar surface area (TPSA) is 59.8 Å². The van der Waals surface area contributed by atoms with Crippen molar-refractivity contribution in [2.45, 2.75) is 44.6 Å². The van der Waals surface area contributed by atoms with Crippen molar-refractivity contribution in [1.82, 2.24) is 14.8 Å². The van der Waals surface area contributed by atoms with Crippen LogP contribution in [0.5, 0.6) is 0 Å². The summed E-state index contributed by atoms with van der Waals surface area (Å²) in [4.78, 5) is 12.7. The fraction of sp³-hybridized carbons (Fsp3) is 0.286. The number of hydrogen-bond donors (Lipinski definition) is 1. The van der Waals surface area contributed by atoms with Gasteiger partial charge in [0.15, 0.2) is 5.16 Å². The predicted molar refractivity (Wildman–Crippen MR) is 110 cm³/mol. The lowest BCUT2D eigenvalue weighted by Gasteiger charge is -2.16. The van der Waals surface area contributed by atoms with Crippen LogP contribution in [0, 0.1) is 20.8 Å². The second-order valence-electron chi connectivity index (χ2n) is 6.62. The van der Waals surface area contributed by atoms with Crippen LogP contribution in [-0.2, 0) is 11.3 Å². The average molecular weight is 381 g/mol. The lowest BCUT2D eigenvalue weighted by atomic mass is 10.1. The van der Waals surface area contributed by atoms with Gasteiger partial charge in [0.25, 0.3) is 0 Å². The summed E-state index contributed by atoms with van der Waals surface area (Å²) in [5, 5.41) is 12.0. The van der Waals surface area contributed by atoms with E-state index < -0.39 is 0 Å². The van der Waals surface area contributed by atoms with Crippen molar-refractivity contribution < 1.29 is 4.79 Å². The molecular weight excluding hydrogens is 356 g/mol. The molecule has 0 bridgehead atoms. The van der Waals surface area contributed by atoms with Gasteiger partial charge in [0, 0.05) is 5.69 Å². The van der Waals surface area contributed by atoms with Gasteiger partial charge in [-0.2, -0.15) is 0 Å². The number of hydrogen-bond acceptors (Lipinski definition) is 4. The van der Waals surface area contributed by atoms with Crippen molar-refractivity contribution in [3.63, 3.8) is 0 Å². The quantitative estimate of drug-likeness (QED) is 0.645. The Hall–Kier alpha value is -2.60. The number of anilines is 1. The molecule has 0 unspecified atom stereocenters. The molecule has 1 N–H and O–H groups in total. The first kappa shape index (κ1) is 19.2. The van der Waals surface area contributed by atoms with Gasteiger partial charge >= 0.3 is 0 Å². The number of rotatable bonds is 6. The molecule has 0 aliphatic rings. The van der Waals surface area contributed by atoms with Crippen LogP contribution < -0.4 is 5.32 Å². The number of carbonyl (C=O) groups is 1. The molecular formula is C21H24N4OS. The Kier molecular flexibility index (Phi) is 5.96. The zero-order valence-electron chi connectivity index (χ0n) is 16.1. The fourth-order valence-corrected chi connectivity index (χ4v) is 3.74. The van der Waals surface area contributed by atoms with Crippen LogP contribution in [0.15, 0.2) is 53.7 Å². The summed E-state index contributed by atoms with van der Waals surface area (Å²) in [6, 6.07) is 16.2. The summed E-state index contributed by atoms with van der Waals surface area (Å²) in [6.45, 7) is 8.51. The zero-order valence-corrected chi connectivity index (χ0v) is 16.9. The Morgan fingerprint density at radius 3 is 2.37 bits per heavy atom. The fourth-order valence-electron chi connectivity index (χ4n) is 2.84. The molecule has 5 nitrogen and oxygen atoms in total. The number of benzene rings is 2. The molecule has 6 heteroatoms. The molecule has 3 rings (SSSR count). The van der Waals surface area contributed by atoms with E-state index in [0.717, 1.165) is 27.8 Å². The van der Waals surface area contributed by atoms with Crippen molar-refractivity contribution in [2.75, 3.05) is 5.32 Å². The average Bonchev–Trinajstić information content (AvgIpc) is 2.99. The smallest absolute Gasteiger partial charge is 0.237 e. The van der Waals surface area contributed by atoms with Gasteiger partial charge in [-0.25, -0.2) is 0 Å². The molecule has 0 radical (unpaired) electrons. The van der Waals surface area contributed by atoms with Crippen LogP contribution in [0.1, 0.15) is 29.4 Å². The van der Waals surface area contributed by atoms with E-state index in [9.17, 15) is 4.79 Å². The Balaban J connectivity index is 1.72. The molecule has 0 saturated carbocycles. The number of nitrogens with one attached hydrogen (secondary N) is 1. The maximum Gasteiger partial charge on any atom is 0.237 e. The van der Waals surface area contributed by atoms with Crippen molar-refractivity contribution in [3.8, 4) is 0 Å². The molecule has 0 aliphatic heterocycles. The van der Waals surface area contributed by atoms with Crippen molar-refractivity contribution in [1.29, 1.82) is 0 Å². The van der Waals surface area contributed by atoms with E-state index in [1.165, 1.54) is 17.3 Å². The minimum absolute atomic E-state index is 0.0377. The highest BCUT2D eigenvalue weighted by Gasteiger charge is 2.20. The van der Waals surface area contributed by atoms with Gasteiger partial charge in [0.2, 0.25) is 5.91 Å². The van der Waals surface area contributed by atoms with E-state index in [1.807, 2.05) is 68.7 Å². The Bertz CT molecular complexity index is 916. The lowest BCUT2D eigenvalue weighted by molar-refractivity contribution is -0.115. The molecule has 1 amide bonds. The highest BCUT2D eigenvalue weighted by molar-refractivity contribution is 8.00.